The molecule has 0 aromatic carbocycles. The van der Waals surface area contributed by atoms with Crippen molar-refractivity contribution in [1.82, 2.24) is 5.32 Å². The maximum absolute atomic E-state index is 11.5. The number of hydrogen-bond acceptors (Lipinski definition) is 4. The Labute approximate surface area is 100 Å². The van der Waals surface area contributed by atoms with Crippen LogP contribution in [-0.2, 0) is 14.4 Å². The molecular formula is C10H20N4O3. The summed E-state index contributed by atoms with van der Waals surface area (Å²) in [5.41, 5.74) is 15.5. The molecule has 0 saturated heterocycles. The van der Waals surface area contributed by atoms with Crippen LogP contribution in [0.5, 0.6) is 0 Å². The molecule has 0 heterocycles. The summed E-state index contributed by atoms with van der Waals surface area (Å²) in [4.78, 5) is 33.2. The Kier molecular flexibility index (Phi) is 6.19. The maximum Gasteiger partial charge on any atom is 0.240 e. The van der Waals surface area contributed by atoms with E-state index in [0.29, 0.717) is 6.42 Å². The third-order valence-corrected chi connectivity index (χ3v) is 2.12. The highest BCUT2D eigenvalue weighted by atomic mass is 16.2. The first kappa shape index (κ1) is 15.4. The second kappa shape index (κ2) is 6.85. The number of rotatable bonds is 7. The van der Waals surface area contributed by atoms with Crippen LogP contribution in [0.2, 0.25) is 0 Å². The van der Waals surface area contributed by atoms with Crippen molar-refractivity contribution in [3.05, 3.63) is 0 Å². The van der Waals surface area contributed by atoms with Crippen LogP contribution in [0.3, 0.4) is 0 Å². The SMILES string of the molecule is CC(C)C[C@@H](NC(=O)[C@@H](N)CC(N)=O)C(N)=O. The van der Waals surface area contributed by atoms with E-state index in [1.807, 2.05) is 13.8 Å². The molecule has 0 aromatic heterocycles. The zero-order valence-electron chi connectivity index (χ0n) is 10.1. The average Bonchev–Trinajstić information content (AvgIpc) is 2.14. The molecule has 0 aliphatic carbocycles. The number of primary amides is 2. The first-order valence-electron chi connectivity index (χ1n) is 5.37. The fourth-order valence-electron chi connectivity index (χ4n) is 1.31. The van der Waals surface area contributed by atoms with Crippen LogP contribution in [0, 0.1) is 5.92 Å². The molecular weight excluding hydrogens is 224 g/mol. The molecule has 3 amide bonds. The second-order valence-electron chi connectivity index (χ2n) is 4.37. The fourth-order valence-corrected chi connectivity index (χ4v) is 1.31. The van der Waals surface area contributed by atoms with Gasteiger partial charge in [-0.1, -0.05) is 13.8 Å². The molecule has 0 aromatic rings. The Hall–Kier alpha value is -1.63. The molecule has 0 radical (unpaired) electrons. The third-order valence-electron chi connectivity index (χ3n) is 2.12. The van der Waals surface area contributed by atoms with Crippen LogP contribution in [0.15, 0.2) is 0 Å². The van der Waals surface area contributed by atoms with Gasteiger partial charge >= 0.3 is 0 Å². The lowest BCUT2D eigenvalue weighted by Gasteiger charge is -2.19. The van der Waals surface area contributed by atoms with Crippen molar-refractivity contribution in [3.63, 3.8) is 0 Å². The van der Waals surface area contributed by atoms with Crippen molar-refractivity contribution in [3.8, 4) is 0 Å². The summed E-state index contributed by atoms with van der Waals surface area (Å²) < 4.78 is 0. The zero-order valence-corrected chi connectivity index (χ0v) is 10.1. The summed E-state index contributed by atoms with van der Waals surface area (Å²) >= 11 is 0. The van der Waals surface area contributed by atoms with Gasteiger partial charge in [-0.15, -0.1) is 0 Å². The van der Waals surface area contributed by atoms with Gasteiger partial charge in [0.15, 0.2) is 0 Å². The molecule has 0 unspecified atom stereocenters. The van der Waals surface area contributed by atoms with E-state index < -0.39 is 29.8 Å². The molecule has 98 valence electrons. The van der Waals surface area contributed by atoms with Gasteiger partial charge < -0.3 is 22.5 Å². The van der Waals surface area contributed by atoms with Gasteiger partial charge in [-0.05, 0) is 12.3 Å². The Morgan fingerprint density at radius 1 is 1.18 bits per heavy atom. The highest BCUT2D eigenvalue weighted by Gasteiger charge is 2.23. The van der Waals surface area contributed by atoms with Crippen molar-refractivity contribution in [2.24, 2.45) is 23.1 Å². The smallest absolute Gasteiger partial charge is 0.240 e. The Bertz CT molecular complexity index is 304. The quantitative estimate of drug-likeness (QED) is 0.419. The zero-order chi connectivity index (χ0) is 13.6. The first-order valence-corrected chi connectivity index (χ1v) is 5.37. The summed E-state index contributed by atoms with van der Waals surface area (Å²) in [7, 11) is 0. The lowest BCUT2D eigenvalue weighted by molar-refractivity contribution is -0.129. The van der Waals surface area contributed by atoms with Gasteiger partial charge in [0, 0.05) is 0 Å². The van der Waals surface area contributed by atoms with Crippen molar-refractivity contribution >= 4 is 17.7 Å². The monoisotopic (exact) mass is 244 g/mol. The first-order chi connectivity index (χ1) is 7.73. The Morgan fingerprint density at radius 3 is 2.06 bits per heavy atom. The van der Waals surface area contributed by atoms with Crippen molar-refractivity contribution in [1.29, 1.82) is 0 Å². The van der Waals surface area contributed by atoms with Crippen molar-refractivity contribution < 1.29 is 14.4 Å². The van der Waals surface area contributed by atoms with Gasteiger partial charge in [0.1, 0.15) is 6.04 Å². The molecule has 0 aliphatic rings. The van der Waals surface area contributed by atoms with Crippen LogP contribution >= 0.6 is 0 Å². The van der Waals surface area contributed by atoms with Gasteiger partial charge in [-0.25, -0.2) is 0 Å². The predicted molar refractivity (Wildman–Crippen MR) is 62.4 cm³/mol. The van der Waals surface area contributed by atoms with E-state index in [1.165, 1.54) is 0 Å². The number of amides is 3. The molecule has 0 saturated carbocycles. The van der Waals surface area contributed by atoms with Gasteiger partial charge in [0.25, 0.3) is 0 Å². The van der Waals surface area contributed by atoms with Gasteiger partial charge in [-0.2, -0.15) is 0 Å². The molecule has 7 nitrogen and oxygen atoms in total. The molecule has 7 heteroatoms. The molecule has 17 heavy (non-hydrogen) atoms. The highest BCUT2D eigenvalue weighted by Crippen LogP contribution is 2.04. The van der Waals surface area contributed by atoms with Gasteiger partial charge in [0.05, 0.1) is 12.5 Å². The summed E-state index contributed by atoms with van der Waals surface area (Å²) in [6, 6.07) is -1.83. The van der Waals surface area contributed by atoms with Crippen LogP contribution in [0.1, 0.15) is 26.7 Å². The van der Waals surface area contributed by atoms with E-state index >= 15 is 0 Å². The fraction of sp³-hybridized carbons (Fsp3) is 0.700. The molecule has 7 N–H and O–H groups in total. The van der Waals surface area contributed by atoms with Crippen LogP contribution in [0.25, 0.3) is 0 Å². The molecule has 0 fully saturated rings. The van der Waals surface area contributed by atoms with Gasteiger partial charge in [0.2, 0.25) is 17.7 Å². The van der Waals surface area contributed by atoms with E-state index in [-0.39, 0.29) is 12.3 Å². The summed E-state index contributed by atoms with van der Waals surface area (Å²) in [5.74, 6) is -1.71. The van der Waals surface area contributed by atoms with Crippen LogP contribution in [0.4, 0.5) is 0 Å². The van der Waals surface area contributed by atoms with E-state index in [0.717, 1.165) is 0 Å². The van der Waals surface area contributed by atoms with Crippen LogP contribution in [-0.4, -0.2) is 29.8 Å². The number of carbonyl (C=O) groups is 3. The molecule has 0 aliphatic heterocycles. The number of carbonyl (C=O) groups excluding carboxylic acids is 3. The minimum Gasteiger partial charge on any atom is -0.370 e. The summed E-state index contributed by atoms with van der Waals surface area (Å²) in [6.45, 7) is 3.79. The lowest BCUT2D eigenvalue weighted by Crippen LogP contribution is -2.51. The summed E-state index contributed by atoms with van der Waals surface area (Å²) in [5, 5.41) is 2.41. The van der Waals surface area contributed by atoms with Crippen molar-refractivity contribution in [2.45, 2.75) is 38.8 Å². The number of nitrogens with two attached hydrogens (primary N) is 3. The van der Waals surface area contributed by atoms with E-state index in [2.05, 4.69) is 5.32 Å². The van der Waals surface area contributed by atoms with Crippen molar-refractivity contribution in [2.75, 3.05) is 0 Å². The normalized spacial score (nSPS) is 14.1. The Balaban J connectivity index is 4.39. The van der Waals surface area contributed by atoms with E-state index in [1.54, 1.807) is 0 Å². The van der Waals surface area contributed by atoms with Crippen LogP contribution < -0.4 is 22.5 Å². The van der Waals surface area contributed by atoms with E-state index in [4.69, 9.17) is 17.2 Å². The standard InChI is InChI=1S/C10H20N4O3/c1-5(2)3-7(9(13)16)14-10(17)6(11)4-8(12)15/h5-7H,3-4,11H2,1-2H3,(H2,12,15)(H2,13,16)(H,14,17)/t6-,7+/m0/s1. The third kappa shape index (κ3) is 6.52. The minimum absolute atomic E-state index is 0.195. The maximum atomic E-state index is 11.5. The molecule has 2 atom stereocenters. The molecule has 0 rings (SSSR count). The predicted octanol–water partition coefficient (Wildman–Crippen LogP) is -1.79. The van der Waals surface area contributed by atoms with Gasteiger partial charge in [-0.3, -0.25) is 14.4 Å². The van der Waals surface area contributed by atoms with E-state index in [9.17, 15) is 14.4 Å². The second-order valence-corrected chi connectivity index (χ2v) is 4.37. The molecule has 0 bridgehead atoms. The minimum atomic E-state index is -1.05. The molecule has 0 spiro atoms. The highest BCUT2D eigenvalue weighted by molar-refractivity contribution is 5.91. The summed E-state index contributed by atoms with van der Waals surface area (Å²) in [6.07, 6.45) is 0.156. The lowest BCUT2D eigenvalue weighted by atomic mass is 10.0. The Morgan fingerprint density at radius 2 is 1.71 bits per heavy atom. The number of hydrogen-bond donors (Lipinski definition) is 4. The number of nitrogens with one attached hydrogen (secondary N) is 1. The topological polar surface area (TPSA) is 141 Å². The largest absolute Gasteiger partial charge is 0.370 e. The average molecular weight is 244 g/mol.